The van der Waals surface area contributed by atoms with Gasteiger partial charge in [-0.3, -0.25) is 9.59 Å². The summed E-state index contributed by atoms with van der Waals surface area (Å²) in [6.45, 7) is 3.46. The van der Waals surface area contributed by atoms with E-state index in [9.17, 15) is 9.59 Å². The van der Waals surface area contributed by atoms with Gasteiger partial charge in [0.05, 0.1) is 13.5 Å². The smallest absolute Gasteiger partial charge is 0.307 e. The number of hydrogen-bond acceptors (Lipinski definition) is 3. The molecule has 1 rings (SSSR count). The van der Waals surface area contributed by atoms with Crippen LogP contribution in [0.15, 0.2) is 0 Å². The lowest BCUT2D eigenvalue weighted by atomic mass is 10.2. The third-order valence-corrected chi connectivity index (χ3v) is 3.33. The number of amides is 1. The van der Waals surface area contributed by atoms with Gasteiger partial charge >= 0.3 is 5.97 Å². The molecule has 4 heteroatoms. The molecule has 0 saturated heterocycles. The van der Waals surface area contributed by atoms with Crippen LogP contribution in [0.25, 0.3) is 0 Å². The van der Waals surface area contributed by atoms with Crippen LogP contribution in [0, 0.1) is 5.92 Å². The quantitative estimate of drug-likeness (QED) is 0.469. The molecular formula is C14H25NO3. The van der Waals surface area contributed by atoms with Gasteiger partial charge < -0.3 is 9.64 Å². The van der Waals surface area contributed by atoms with Crippen molar-refractivity contribution < 1.29 is 14.3 Å². The van der Waals surface area contributed by atoms with Crippen molar-refractivity contribution in [2.24, 2.45) is 5.92 Å². The lowest BCUT2D eigenvalue weighted by molar-refractivity contribution is -0.142. The monoisotopic (exact) mass is 255 g/mol. The van der Waals surface area contributed by atoms with Crippen molar-refractivity contribution in [2.45, 2.75) is 51.9 Å². The Bertz CT molecular complexity index is 274. The molecule has 18 heavy (non-hydrogen) atoms. The molecule has 1 saturated carbocycles. The summed E-state index contributed by atoms with van der Waals surface area (Å²) in [5.74, 6) is 0.223. The number of esters is 1. The third-order valence-electron chi connectivity index (χ3n) is 3.33. The number of carbonyl (C=O) groups excluding carboxylic acids is 2. The maximum atomic E-state index is 12.0. The van der Waals surface area contributed by atoms with Crippen LogP contribution in [-0.4, -0.2) is 37.0 Å². The van der Waals surface area contributed by atoms with Crippen LogP contribution in [0.4, 0.5) is 0 Å². The fourth-order valence-electron chi connectivity index (χ4n) is 1.98. The van der Waals surface area contributed by atoms with Crippen molar-refractivity contribution in [2.75, 3.05) is 20.2 Å². The summed E-state index contributed by atoms with van der Waals surface area (Å²) in [5.41, 5.74) is 0. The Morgan fingerprint density at radius 3 is 2.44 bits per heavy atom. The van der Waals surface area contributed by atoms with Gasteiger partial charge in [-0.1, -0.05) is 26.2 Å². The molecule has 104 valence electrons. The Morgan fingerprint density at radius 1 is 1.17 bits per heavy atom. The molecule has 0 heterocycles. The van der Waals surface area contributed by atoms with Gasteiger partial charge in [0.1, 0.15) is 0 Å². The molecule has 1 fully saturated rings. The van der Waals surface area contributed by atoms with E-state index in [2.05, 4.69) is 11.7 Å². The van der Waals surface area contributed by atoms with Crippen LogP contribution in [0.1, 0.15) is 51.9 Å². The zero-order valence-electron chi connectivity index (χ0n) is 11.6. The first kappa shape index (κ1) is 15.0. The van der Waals surface area contributed by atoms with Gasteiger partial charge in [0, 0.05) is 19.0 Å². The molecule has 0 spiro atoms. The summed E-state index contributed by atoms with van der Waals surface area (Å²) >= 11 is 0. The highest BCUT2D eigenvalue weighted by atomic mass is 16.5. The zero-order valence-corrected chi connectivity index (χ0v) is 11.6. The Balaban J connectivity index is 2.31. The van der Waals surface area contributed by atoms with Crippen LogP contribution in [0.5, 0.6) is 0 Å². The molecular weight excluding hydrogens is 230 g/mol. The predicted octanol–water partition coefficient (Wildman–Crippen LogP) is 2.37. The molecule has 0 N–H and O–H groups in total. The van der Waals surface area contributed by atoms with Gasteiger partial charge in [-0.05, 0) is 19.3 Å². The Hall–Kier alpha value is -1.06. The lowest BCUT2D eigenvalue weighted by Gasteiger charge is -2.22. The van der Waals surface area contributed by atoms with E-state index in [1.165, 1.54) is 20.0 Å². The Morgan fingerprint density at radius 2 is 1.89 bits per heavy atom. The second-order valence-electron chi connectivity index (χ2n) is 4.99. The van der Waals surface area contributed by atoms with Crippen molar-refractivity contribution in [1.82, 2.24) is 4.90 Å². The van der Waals surface area contributed by atoms with E-state index in [0.29, 0.717) is 13.0 Å². The molecule has 0 aromatic heterocycles. The zero-order chi connectivity index (χ0) is 13.4. The first-order chi connectivity index (χ1) is 8.69. The van der Waals surface area contributed by atoms with E-state index < -0.39 is 0 Å². The SMILES string of the molecule is CCCCCCN(CCC(=O)OC)C(=O)C1CC1. The van der Waals surface area contributed by atoms with E-state index in [0.717, 1.165) is 32.2 Å². The molecule has 1 aliphatic rings. The van der Waals surface area contributed by atoms with Gasteiger partial charge in [-0.2, -0.15) is 0 Å². The molecule has 1 aliphatic carbocycles. The fourth-order valence-corrected chi connectivity index (χ4v) is 1.98. The average Bonchev–Trinajstić information content (AvgIpc) is 3.21. The lowest BCUT2D eigenvalue weighted by Crippen LogP contribution is -2.35. The number of hydrogen-bond donors (Lipinski definition) is 0. The van der Waals surface area contributed by atoms with Gasteiger partial charge in [0.15, 0.2) is 0 Å². The normalized spacial score (nSPS) is 14.3. The van der Waals surface area contributed by atoms with Gasteiger partial charge in [-0.15, -0.1) is 0 Å². The molecule has 0 aliphatic heterocycles. The van der Waals surface area contributed by atoms with E-state index in [1.807, 2.05) is 4.90 Å². The maximum Gasteiger partial charge on any atom is 0.307 e. The molecule has 1 amide bonds. The minimum Gasteiger partial charge on any atom is -0.469 e. The van der Waals surface area contributed by atoms with Crippen LogP contribution in [0.2, 0.25) is 0 Å². The molecule has 0 atom stereocenters. The largest absolute Gasteiger partial charge is 0.469 e. The number of unbranched alkanes of at least 4 members (excludes halogenated alkanes) is 3. The summed E-state index contributed by atoms with van der Waals surface area (Å²) in [7, 11) is 1.39. The van der Waals surface area contributed by atoms with Gasteiger partial charge in [0.2, 0.25) is 5.91 Å². The van der Waals surface area contributed by atoms with E-state index in [4.69, 9.17) is 0 Å². The number of ether oxygens (including phenoxy) is 1. The minimum absolute atomic E-state index is 0.230. The van der Waals surface area contributed by atoms with Crippen LogP contribution in [-0.2, 0) is 14.3 Å². The standard InChI is InChI=1S/C14H25NO3/c1-3-4-5-6-10-15(11-9-13(16)18-2)14(17)12-7-8-12/h12H,3-11H2,1-2H3. The fraction of sp³-hybridized carbons (Fsp3) is 0.857. The van der Waals surface area contributed by atoms with Gasteiger partial charge in [-0.25, -0.2) is 0 Å². The number of methoxy groups -OCH3 is 1. The third kappa shape index (κ3) is 5.52. The topological polar surface area (TPSA) is 46.6 Å². The summed E-state index contributed by atoms with van der Waals surface area (Å²) in [6, 6.07) is 0. The maximum absolute atomic E-state index is 12.0. The highest BCUT2D eigenvalue weighted by molar-refractivity contribution is 5.81. The molecule has 0 radical (unpaired) electrons. The molecule has 0 unspecified atom stereocenters. The molecule has 0 aromatic rings. The molecule has 0 aromatic carbocycles. The second-order valence-corrected chi connectivity index (χ2v) is 4.99. The average molecular weight is 255 g/mol. The number of rotatable bonds is 9. The summed E-state index contributed by atoms with van der Waals surface area (Å²) < 4.78 is 4.62. The first-order valence-corrected chi connectivity index (χ1v) is 7.04. The van der Waals surface area contributed by atoms with Crippen molar-refractivity contribution in [3.8, 4) is 0 Å². The van der Waals surface area contributed by atoms with Crippen molar-refractivity contribution in [1.29, 1.82) is 0 Å². The predicted molar refractivity (Wildman–Crippen MR) is 70.1 cm³/mol. The van der Waals surface area contributed by atoms with Crippen LogP contribution >= 0.6 is 0 Å². The summed E-state index contributed by atoms with van der Waals surface area (Å²) in [6.07, 6.45) is 6.94. The highest BCUT2D eigenvalue weighted by Gasteiger charge is 2.33. The Labute approximate surface area is 110 Å². The van der Waals surface area contributed by atoms with E-state index in [-0.39, 0.29) is 17.8 Å². The van der Waals surface area contributed by atoms with Crippen molar-refractivity contribution in [3.63, 3.8) is 0 Å². The van der Waals surface area contributed by atoms with Crippen LogP contribution in [0.3, 0.4) is 0 Å². The first-order valence-electron chi connectivity index (χ1n) is 7.04. The highest BCUT2D eigenvalue weighted by Crippen LogP contribution is 2.31. The van der Waals surface area contributed by atoms with E-state index >= 15 is 0 Å². The van der Waals surface area contributed by atoms with E-state index in [1.54, 1.807) is 0 Å². The summed E-state index contributed by atoms with van der Waals surface area (Å²) in [4.78, 5) is 25.0. The number of carbonyl (C=O) groups is 2. The molecule has 0 bridgehead atoms. The second kappa shape index (κ2) is 8.11. The Kier molecular flexibility index (Phi) is 6.76. The van der Waals surface area contributed by atoms with Crippen molar-refractivity contribution >= 4 is 11.9 Å². The number of nitrogens with zero attached hydrogens (tertiary/aromatic N) is 1. The summed E-state index contributed by atoms with van der Waals surface area (Å²) in [5, 5.41) is 0. The minimum atomic E-state index is -0.239. The molecule has 4 nitrogen and oxygen atoms in total. The van der Waals surface area contributed by atoms with Crippen molar-refractivity contribution in [3.05, 3.63) is 0 Å². The van der Waals surface area contributed by atoms with Crippen LogP contribution < -0.4 is 0 Å². The van der Waals surface area contributed by atoms with Gasteiger partial charge in [0.25, 0.3) is 0 Å².